The molecule has 0 radical (unpaired) electrons. The lowest BCUT2D eigenvalue weighted by molar-refractivity contribution is 0.466. The molecular weight excluding hydrogens is 180 g/mol. The second-order valence-electron chi connectivity index (χ2n) is 3.29. The van der Waals surface area contributed by atoms with Gasteiger partial charge in [0.2, 0.25) is 0 Å². The summed E-state index contributed by atoms with van der Waals surface area (Å²) < 4.78 is 0. The second-order valence-corrected chi connectivity index (χ2v) is 3.29. The number of hydrogen-bond donors (Lipinski definition) is 3. The fourth-order valence-electron chi connectivity index (χ4n) is 1.48. The molecule has 0 aromatic carbocycles. The Bertz CT molecular complexity index is 346. The van der Waals surface area contributed by atoms with Gasteiger partial charge in [0.1, 0.15) is 5.75 Å². The summed E-state index contributed by atoms with van der Waals surface area (Å²) >= 11 is 0. The zero-order valence-electron chi connectivity index (χ0n) is 8.50. The number of aromatic hydroxyl groups is 1. The zero-order valence-corrected chi connectivity index (χ0v) is 8.50. The van der Waals surface area contributed by atoms with Crippen molar-refractivity contribution < 1.29 is 5.11 Å². The molecule has 78 valence electrons. The van der Waals surface area contributed by atoms with E-state index in [4.69, 9.17) is 0 Å². The molecule has 1 atom stereocenters. The summed E-state index contributed by atoms with van der Waals surface area (Å²) in [5.74, 6) is 0.0140. The molecular formula is C10H16N2O2. The van der Waals surface area contributed by atoms with Crippen molar-refractivity contribution in [2.45, 2.75) is 25.8 Å². The largest absolute Gasteiger partial charge is 0.508 e. The van der Waals surface area contributed by atoms with E-state index in [1.165, 1.54) is 6.07 Å². The monoisotopic (exact) mass is 196 g/mol. The minimum atomic E-state index is -0.267. The van der Waals surface area contributed by atoms with Crippen molar-refractivity contribution in [3.8, 4) is 5.75 Å². The maximum Gasteiger partial charge on any atom is 0.251 e. The van der Waals surface area contributed by atoms with Gasteiger partial charge in [-0.15, -0.1) is 0 Å². The molecule has 0 aliphatic carbocycles. The lowest BCUT2D eigenvalue weighted by atomic mass is 10.1. The molecule has 0 spiro atoms. The van der Waals surface area contributed by atoms with E-state index in [0.29, 0.717) is 0 Å². The van der Waals surface area contributed by atoms with E-state index in [1.54, 1.807) is 6.07 Å². The molecule has 1 heterocycles. The van der Waals surface area contributed by atoms with Crippen LogP contribution in [0.5, 0.6) is 5.75 Å². The van der Waals surface area contributed by atoms with Crippen molar-refractivity contribution in [1.29, 1.82) is 0 Å². The number of nitrogens with one attached hydrogen (secondary N) is 2. The molecule has 1 aromatic heterocycles. The van der Waals surface area contributed by atoms with E-state index < -0.39 is 0 Å². The van der Waals surface area contributed by atoms with E-state index in [9.17, 15) is 9.90 Å². The van der Waals surface area contributed by atoms with Crippen LogP contribution in [0.2, 0.25) is 0 Å². The molecule has 0 aliphatic heterocycles. The first kappa shape index (κ1) is 10.8. The van der Waals surface area contributed by atoms with Crippen LogP contribution in [0.25, 0.3) is 0 Å². The van der Waals surface area contributed by atoms with Crippen molar-refractivity contribution in [2.75, 3.05) is 7.05 Å². The fraction of sp³-hybridized carbons (Fsp3) is 0.500. The number of rotatable bonds is 4. The molecule has 14 heavy (non-hydrogen) atoms. The molecule has 0 bridgehead atoms. The van der Waals surface area contributed by atoms with Gasteiger partial charge in [-0.05, 0) is 13.5 Å². The van der Waals surface area contributed by atoms with E-state index in [1.807, 2.05) is 7.05 Å². The SMILES string of the molecule is CCC[C@@H](NC)c1cc(O)cc(=O)[nH]1. The predicted octanol–water partition coefficient (Wildman–Crippen LogP) is 1.14. The van der Waals surface area contributed by atoms with Gasteiger partial charge in [0.15, 0.2) is 0 Å². The van der Waals surface area contributed by atoms with Gasteiger partial charge in [-0.25, -0.2) is 0 Å². The normalized spacial score (nSPS) is 12.7. The van der Waals surface area contributed by atoms with E-state index >= 15 is 0 Å². The minimum absolute atomic E-state index is 0.0140. The Balaban J connectivity index is 2.97. The van der Waals surface area contributed by atoms with E-state index in [2.05, 4.69) is 17.2 Å². The topological polar surface area (TPSA) is 65.1 Å². The zero-order chi connectivity index (χ0) is 10.6. The predicted molar refractivity (Wildman–Crippen MR) is 55.4 cm³/mol. The molecule has 1 aromatic rings. The van der Waals surface area contributed by atoms with E-state index in [-0.39, 0.29) is 17.4 Å². The third kappa shape index (κ3) is 2.60. The fourth-order valence-corrected chi connectivity index (χ4v) is 1.48. The summed E-state index contributed by atoms with van der Waals surface area (Å²) in [5, 5.41) is 12.4. The quantitative estimate of drug-likeness (QED) is 0.676. The molecule has 0 amide bonds. The third-order valence-corrected chi connectivity index (χ3v) is 2.15. The van der Waals surface area contributed by atoms with Crippen molar-refractivity contribution in [1.82, 2.24) is 10.3 Å². The Hall–Kier alpha value is -1.29. The highest BCUT2D eigenvalue weighted by Crippen LogP contribution is 2.17. The second kappa shape index (κ2) is 4.81. The first-order chi connectivity index (χ1) is 6.67. The number of pyridine rings is 1. The summed E-state index contributed by atoms with van der Waals surface area (Å²) in [6.07, 6.45) is 1.94. The van der Waals surface area contributed by atoms with Crippen LogP contribution in [0, 0.1) is 0 Å². The maximum atomic E-state index is 11.1. The molecule has 0 saturated heterocycles. The van der Waals surface area contributed by atoms with Gasteiger partial charge < -0.3 is 15.4 Å². The van der Waals surface area contributed by atoms with Crippen LogP contribution in [0.3, 0.4) is 0 Å². The summed E-state index contributed by atoms with van der Waals surface area (Å²) in [6, 6.07) is 2.85. The smallest absolute Gasteiger partial charge is 0.251 e. The Labute approximate surface area is 83.0 Å². The van der Waals surface area contributed by atoms with Crippen molar-refractivity contribution >= 4 is 0 Å². The average molecular weight is 196 g/mol. The van der Waals surface area contributed by atoms with Crippen LogP contribution in [-0.4, -0.2) is 17.1 Å². The molecule has 3 N–H and O–H groups in total. The van der Waals surface area contributed by atoms with Crippen LogP contribution in [0.4, 0.5) is 0 Å². The van der Waals surface area contributed by atoms with Gasteiger partial charge in [0, 0.05) is 23.9 Å². The summed E-state index contributed by atoms with van der Waals surface area (Å²) in [5.41, 5.74) is 0.468. The van der Waals surface area contributed by atoms with E-state index in [0.717, 1.165) is 18.5 Å². The van der Waals surface area contributed by atoms with Crippen molar-refractivity contribution in [3.63, 3.8) is 0 Å². The summed E-state index contributed by atoms with van der Waals surface area (Å²) in [7, 11) is 1.84. The first-order valence-corrected chi connectivity index (χ1v) is 4.78. The van der Waals surface area contributed by atoms with Gasteiger partial charge in [0.05, 0.1) is 0 Å². The number of hydrogen-bond acceptors (Lipinski definition) is 3. The Morgan fingerprint density at radius 3 is 2.79 bits per heavy atom. The molecule has 4 nitrogen and oxygen atoms in total. The third-order valence-electron chi connectivity index (χ3n) is 2.15. The Kier molecular flexibility index (Phi) is 3.71. The lowest BCUT2D eigenvalue weighted by Gasteiger charge is -2.14. The summed E-state index contributed by atoms with van der Waals surface area (Å²) in [4.78, 5) is 13.8. The first-order valence-electron chi connectivity index (χ1n) is 4.78. The summed E-state index contributed by atoms with van der Waals surface area (Å²) in [6.45, 7) is 2.07. The highest BCUT2D eigenvalue weighted by Gasteiger charge is 2.09. The Morgan fingerprint density at radius 1 is 1.57 bits per heavy atom. The van der Waals surface area contributed by atoms with Gasteiger partial charge in [0.25, 0.3) is 5.56 Å². The molecule has 1 rings (SSSR count). The standard InChI is InChI=1S/C10H16N2O2/c1-3-4-8(11-2)9-5-7(13)6-10(14)12-9/h5-6,8,11H,3-4H2,1-2H3,(H2,12,13,14)/t8-/m1/s1. The molecule has 0 unspecified atom stereocenters. The van der Waals surface area contributed by atoms with Crippen LogP contribution in [0.1, 0.15) is 31.5 Å². The van der Waals surface area contributed by atoms with Gasteiger partial charge in [-0.3, -0.25) is 4.79 Å². The van der Waals surface area contributed by atoms with Crippen LogP contribution in [-0.2, 0) is 0 Å². The highest BCUT2D eigenvalue weighted by molar-refractivity contribution is 5.22. The number of aromatic nitrogens is 1. The average Bonchev–Trinajstić information content (AvgIpc) is 2.12. The molecule has 0 aliphatic rings. The van der Waals surface area contributed by atoms with Crippen LogP contribution < -0.4 is 10.9 Å². The van der Waals surface area contributed by atoms with Crippen molar-refractivity contribution in [3.05, 3.63) is 28.2 Å². The van der Waals surface area contributed by atoms with Crippen LogP contribution in [0.15, 0.2) is 16.9 Å². The van der Waals surface area contributed by atoms with Crippen LogP contribution >= 0.6 is 0 Å². The molecule has 0 saturated carbocycles. The van der Waals surface area contributed by atoms with Gasteiger partial charge in [-0.2, -0.15) is 0 Å². The lowest BCUT2D eigenvalue weighted by Crippen LogP contribution is -2.20. The number of aromatic amines is 1. The molecule has 4 heteroatoms. The minimum Gasteiger partial charge on any atom is -0.508 e. The van der Waals surface area contributed by atoms with Crippen molar-refractivity contribution in [2.24, 2.45) is 0 Å². The molecule has 0 fully saturated rings. The van der Waals surface area contributed by atoms with Gasteiger partial charge >= 0.3 is 0 Å². The Morgan fingerprint density at radius 2 is 2.29 bits per heavy atom. The number of H-pyrrole nitrogens is 1. The highest BCUT2D eigenvalue weighted by atomic mass is 16.3. The maximum absolute atomic E-state index is 11.1. The van der Waals surface area contributed by atoms with Gasteiger partial charge in [-0.1, -0.05) is 13.3 Å².